The molecule has 1 aromatic heterocycles. The van der Waals surface area contributed by atoms with Crippen molar-refractivity contribution in [3.63, 3.8) is 0 Å². The van der Waals surface area contributed by atoms with Gasteiger partial charge in [0.15, 0.2) is 5.82 Å². The van der Waals surface area contributed by atoms with Crippen LogP contribution in [0.2, 0.25) is 5.02 Å². The van der Waals surface area contributed by atoms with Gasteiger partial charge < -0.3 is 10.3 Å². The van der Waals surface area contributed by atoms with Crippen LogP contribution in [0.5, 0.6) is 0 Å². The molecule has 5 heteroatoms. The van der Waals surface area contributed by atoms with Crippen molar-refractivity contribution < 1.29 is 4.52 Å². The third kappa shape index (κ3) is 3.18. The van der Waals surface area contributed by atoms with Crippen LogP contribution in [0.4, 0.5) is 0 Å². The van der Waals surface area contributed by atoms with Gasteiger partial charge in [-0.05, 0) is 24.1 Å². The van der Waals surface area contributed by atoms with Gasteiger partial charge in [-0.3, -0.25) is 0 Å². The molecule has 18 heavy (non-hydrogen) atoms. The standard InChI is InChI=1S/C13H14ClN3O/c1-2-3-11(15)13-16-12(17-18-13)8-9-4-6-10(14)7-5-9/h2,4-7,11H,1,3,8,15H2. The molecule has 4 nitrogen and oxygen atoms in total. The molecule has 2 aromatic rings. The van der Waals surface area contributed by atoms with E-state index in [0.717, 1.165) is 5.56 Å². The average Bonchev–Trinajstić information content (AvgIpc) is 2.81. The number of hydrogen-bond acceptors (Lipinski definition) is 4. The summed E-state index contributed by atoms with van der Waals surface area (Å²) in [5.74, 6) is 1.06. The molecular weight excluding hydrogens is 250 g/mol. The van der Waals surface area contributed by atoms with Crippen molar-refractivity contribution in [3.05, 3.63) is 59.2 Å². The van der Waals surface area contributed by atoms with Gasteiger partial charge in [-0.15, -0.1) is 6.58 Å². The van der Waals surface area contributed by atoms with Crippen LogP contribution in [0.15, 0.2) is 41.4 Å². The molecule has 0 aliphatic heterocycles. The van der Waals surface area contributed by atoms with Crippen molar-refractivity contribution in [2.45, 2.75) is 18.9 Å². The van der Waals surface area contributed by atoms with Crippen molar-refractivity contribution >= 4 is 11.6 Å². The Morgan fingerprint density at radius 3 is 2.78 bits per heavy atom. The largest absolute Gasteiger partial charge is 0.338 e. The maximum atomic E-state index is 5.85. The lowest BCUT2D eigenvalue weighted by Gasteiger charge is -2.00. The highest BCUT2D eigenvalue weighted by Crippen LogP contribution is 2.15. The van der Waals surface area contributed by atoms with E-state index in [-0.39, 0.29) is 6.04 Å². The number of benzene rings is 1. The quantitative estimate of drug-likeness (QED) is 0.843. The first-order valence-corrected chi connectivity index (χ1v) is 6.00. The fourth-order valence-corrected chi connectivity index (χ4v) is 1.68. The Hall–Kier alpha value is -1.65. The number of nitrogens with zero attached hydrogens (tertiary/aromatic N) is 2. The summed E-state index contributed by atoms with van der Waals surface area (Å²) >= 11 is 5.82. The SMILES string of the molecule is C=CCC(N)c1nc(Cc2ccc(Cl)cc2)no1. The molecule has 94 valence electrons. The van der Waals surface area contributed by atoms with Gasteiger partial charge in [0.1, 0.15) is 0 Å². The van der Waals surface area contributed by atoms with Crippen LogP contribution in [0, 0.1) is 0 Å². The topological polar surface area (TPSA) is 64.9 Å². The maximum Gasteiger partial charge on any atom is 0.243 e. The third-order valence-electron chi connectivity index (χ3n) is 2.50. The van der Waals surface area contributed by atoms with Crippen LogP contribution in [0.25, 0.3) is 0 Å². The molecule has 2 rings (SSSR count). The number of nitrogens with two attached hydrogens (primary N) is 1. The van der Waals surface area contributed by atoms with Gasteiger partial charge in [0.25, 0.3) is 0 Å². The molecule has 0 radical (unpaired) electrons. The number of hydrogen-bond donors (Lipinski definition) is 1. The molecular formula is C13H14ClN3O. The van der Waals surface area contributed by atoms with Crippen LogP contribution < -0.4 is 5.73 Å². The third-order valence-corrected chi connectivity index (χ3v) is 2.75. The van der Waals surface area contributed by atoms with E-state index in [1.54, 1.807) is 6.08 Å². The van der Waals surface area contributed by atoms with E-state index in [2.05, 4.69) is 16.7 Å². The Morgan fingerprint density at radius 1 is 1.39 bits per heavy atom. The minimum Gasteiger partial charge on any atom is -0.338 e. The fraction of sp³-hybridized carbons (Fsp3) is 0.231. The van der Waals surface area contributed by atoms with Crippen molar-refractivity contribution in [1.29, 1.82) is 0 Å². The summed E-state index contributed by atoms with van der Waals surface area (Å²) in [5, 5.41) is 4.61. The smallest absolute Gasteiger partial charge is 0.243 e. The summed E-state index contributed by atoms with van der Waals surface area (Å²) in [6, 6.07) is 7.25. The highest BCUT2D eigenvalue weighted by atomic mass is 35.5. The van der Waals surface area contributed by atoms with Crippen LogP contribution in [0.1, 0.15) is 29.7 Å². The van der Waals surface area contributed by atoms with Crippen LogP contribution in [-0.2, 0) is 6.42 Å². The molecule has 0 saturated heterocycles. The molecule has 0 bridgehead atoms. The van der Waals surface area contributed by atoms with Gasteiger partial charge in [0, 0.05) is 11.4 Å². The van der Waals surface area contributed by atoms with E-state index in [1.807, 2.05) is 24.3 Å². The molecule has 1 heterocycles. The normalized spacial score (nSPS) is 12.3. The van der Waals surface area contributed by atoms with Gasteiger partial charge in [0.2, 0.25) is 5.89 Å². The van der Waals surface area contributed by atoms with Crippen molar-refractivity contribution in [2.75, 3.05) is 0 Å². The number of halogens is 1. The zero-order valence-corrected chi connectivity index (χ0v) is 10.6. The van der Waals surface area contributed by atoms with Gasteiger partial charge in [-0.1, -0.05) is 35.0 Å². The van der Waals surface area contributed by atoms with Gasteiger partial charge >= 0.3 is 0 Å². The average molecular weight is 264 g/mol. The second-order valence-corrected chi connectivity index (χ2v) is 4.42. The van der Waals surface area contributed by atoms with Gasteiger partial charge in [-0.25, -0.2) is 0 Å². The van der Waals surface area contributed by atoms with Crippen molar-refractivity contribution in [1.82, 2.24) is 10.1 Å². The van der Waals surface area contributed by atoms with E-state index < -0.39 is 0 Å². The highest BCUT2D eigenvalue weighted by molar-refractivity contribution is 6.30. The van der Waals surface area contributed by atoms with E-state index >= 15 is 0 Å². The first-order chi connectivity index (χ1) is 8.69. The maximum absolute atomic E-state index is 5.85. The van der Waals surface area contributed by atoms with Crippen LogP contribution >= 0.6 is 11.6 Å². The Balaban J connectivity index is 2.06. The van der Waals surface area contributed by atoms with Crippen molar-refractivity contribution in [3.8, 4) is 0 Å². The van der Waals surface area contributed by atoms with E-state index in [4.69, 9.17) is 21.9 Å². The van der Waals surface area contributed by atoms with E-state index in [1.165, 1.54) is 0 Å². The van der Waals surface area contributed by atoms with Crippen LogP contribution in [0.3, 0.4) is 0 Å². The summed E-state index contributed by atoms with van der Waals surface area (Å²) in [5.41, 5.74) is 6.92. The molecule has 2 N–H and O–H groups in total. The minimum absolute atomic E-state index is 0.283. The second-order valence-electron chi connectivity index (χ2n) is 3.98. The molecule has 1 aromatic carbocycles. The number of aromatic nitrogens is 2. The summed E-state index contributed by atoms with van der Waals surface area (Å²) in [6.45, 7) is 3.63. The first kappa shape index (κ1) is 12.8. The summed E-state index contributed by atoms with van der Waals surface area (Å²) < 4.78 is 5.11. The van der Waals surface area contributed by atoms with Gasteiger partial charge in [-0.2, -0.15) is 4.98 Å². The monoisotopic (exact) mass is 263 g/mol. The molecule has 0 aliphatic carbocycles. The second kappa shape index (κ2) is 5.80. The summed E-state index contributed by atoms with van der Waals surface area (Å²) in [6.07, 6.45) is 2.94. The number of rotatable bonds is 5. The molecule has 0 aliphatic rings. The Bertz CT molecular complexity index is 521. The lowest BCUT2D eigenvalue weighted by atomic mass is 10.1. The molecule has 0 amide bonds. The molecule has 0 fully saturated rings. The van der Waals surface area contributed by atoms with E-state index in [9.17, 15) is 0 Å². The Kier molecular flexibility index (Phi) is 4.12. The molecule has 1 unspecified atom stereocenters. The molecule has 0 spiro atoms. The zero-order valence-electron chi connectivity index (χ0n) is 9.84. The van der Waals surface area contributed by atoms with Crippen molar-refractivity contribution in [2.24, 2.45) is 5.73 Å². The summed E-state index contributed by atoms with van der Waals surface area (Å²) in [4.78, 5) is 4.26. The van der Waals surface area contributed by atoms with E-state index in [0.29, 0.717) is 29.6 Å². The lowest BCUT2D eigenvalue weighted by Crippen LogP contribution is -2.09. The minimum atomic E-state index is -0.283. The molecule has 0 saturated carbocycles. The molecule has 1 atom stereocenters. The summed E-state index contributed by atoms with van der Waals surface area (Å²) in [7, 11) is 0. The predicted octanol–water partition coefficient (Wildman–Crippen LogP) is 2.89. The first-order valence-electron chi connectivity index (χ1n) is 5.62. The Labute approximate surface area is 110 Å². The zero-order chi connectivity index (χ0) is 13.0. The van der Waals surface area contributed by atoms with Crippen LogP contribution in [-0.4, -0.2) is 10.1 Å². The lowest BCUT2D eigenvalue weighted by molar-refractivity contribution is 0.352. The predicted molar refractivity (Wildman–Crippen MR) is 70.3 cm³/mol. The highest BCUT2D eigenvalue weighted by Gasteiger charge is 2.13. The fourth-order valence-electron chi connectivity index (χ4n) is 1.56. The Morgan fingerprint density at radius 2 is 2.11 bits per heavy atom. The van der Waals surface area contributed by atoms with Gasteiger partial charge in [0.05, 0.1) is 6.04 Å².